The molecule has 0 saturated carbocycles. The molecule has 1 aromatic carbocycles. The summed E-state index contributed by atoms with van der Waals surface area (Å²) in [4.78, 5) is 3.86. The molecule has 0 radical (unpaired) electrons. The third-order valence-corrected chi connectivity index (χ3v) is 2.59. The first-order chi connectivity index (χ1) is 7.22. The number of oxazole rings is 1. The molecule has 0 aliphatic rings. The maximum atomic E-state index is 6.04. The molecule has 4 heteroatoms. The molecule has 0 saturated heterocycles. The van der Waals surface area contributed by atoms with E-state index in [0.29, 0.717) is 10.8 Å². The molecular formula is C11H10ClNO2. The highest BCUT2D eigenvalue weighted by Gasteiger charge is 2.11. The summed E-state index contributed by atoms with van der Waals surface area (Å²) in [6, 6.07) is 3.69. The molecule has 1 aromatic heterocycles. The van der Waals surface area contributed by atoms with Crippen molar-refractivity contribution >= 4 is 11.6 Å². The second kappa shape index (κ2) is 3.95. The van der Waals surface area contributed by atoms with Gasteiger partial charge in [0.2, 0.25) is 0 Å². The SMILES string of the molecule is COc1cc(C)c(Cl)cc1-c1cnco1. The van der Waals surface area contributed by atoms with E-state index in [1.165, 1.54) is 6.39 Å². The van der Waals surface area contributed by atoms with Crippen LogP contribution < -0.4 is 4.74 Å². The summed E-state index contributed by atoms with van der Waals surface area (Å²) in [5, 5.41) is 0.683. The Morgan fingerprint density at radius 2 is 2.20 bits per heavy atom. The number of aromatic nitrogens is 1. The monoisotopic (exact) mass is 223 g/mol. The Kier molecular flexibility index (Phi) is 2.64. The van der Waals surface area contributed by atoms with Gasteiger partial charge in [-0.1, -0.05) is 11.6 Å². The van der Waals surface area contributed by atoms with Crippen molar-refractivity contribution in [2.24, 2.45) is 0 Å². The van der Waals surface area contributed by atoms with Crippen LogP contribution in [0.3, 0.4) is 0 Å². The van der Waals surface area contributed by atoms with E-state index < -0.39 is 0 Å². The van der Waals surface area contributed by atoms with Gasteiger partial charge in [-0.15, -0.1) is 0 Å². The number of halogens is 1. The first-order valence-corrected chi connectivity index (χ1v) is 4.83. The Morgan fingerprint density at radius 3 is 2.80 bits per heavy atom. The molecule has 0 atom stereocenters. The number of benzene rings is 1. The summed E-state index contributed by atoms with van der Waals surface area (Å²) in [7, 11) is 1.61. The molecular weight excluding hydrogens is 214 g/mol. The van der Waals surface area contributed by atoms with Gasteiger partial charge in [0.05, 0.1) is 18.9 Å². The molecule has 0 bridgehead atoms. The molecule has 0 N–H and O–H groups in total. The molecule has 2 aromatic rings. The van der Waals surface area contributed by atoms with E-state index >= 15 is 0 Å². The molecule has 78 valence electrons. The topological polar surface area (TPSA) is 35.3 Å². The third-order valence-electron chi connectivity index (χ3n) is 2.18. The van der Waals surface area contributed by atoms with Crippen LogP contribution in [0.15, 0.2) is 29.1 Å². The first kappa shape index (κ1) is 10.1. The van der Waals surface area contributed by atoms with E-state index in [0.717, 1.165) is 16.9 Å². The van der Waals surface area contributed by atoms with Crippen molar-refractivity contribution in [3.8, 4) is 17.1 Å². The fourth-order valence-corrected chi connectivity index (χ4v) is 1.53. The normalized spacial score (nSPS) is 10.3. The second-order valence-electron chi connectivity index (χ2n) is 3.17. The van der Waals surface area contributed by atoms with Crippen LogP contribution in [0.1, 0.15) is 5.56 Å². The Morgan fingerprint density at radius 1 is 1.40 bits per heavy atom. The quantitative estimate of drug-likeness (QED) is 0.784. The van der Waals surface area contributed by atoms with Gasteiger partial charge in [-0.05, 0) is 24.6 Å². The van der Waals surface area contributed by atoms with E-state index in [1.54, 1.807) is 13.3 Å². The van der Waals surface area contributed by atoms with Gasteiger partial charge < -0.3 is 9.15 Å². The van der Waals surface area contributed by atoms with Crippen molar-refractivity contribution < 1.29 is 9.15 Å². The summed E-state index contributed by atoms with van der Waals surface area (Å²) in [5.74, 6) is 1.38. The van der Waals surface area contributed by atoms with Crippen molar-refractivity contribution in [1.82, 2.24) is 4.98 Å². The van der Waals surface area contributed by atoms with Crippen LogP contribution in [-0.4, -0.2) is 12.1 Å². The highest BCUT2D eigenvalue weighted by atomic mass is 35.5. The molecule has 1 heterocycles. The van der Waals surface area contributed by atoms with E-state index in [-0.39, 0.29) is 0 Å². The Balaban J connectivity index is 2.60. The Hall–Kier alpha value is -1.48. The van der Waals surface area contributed by atoms with Crippen molar-refractivity contribution in [1.29, 1.82) is 0 Å². The number of hydrogen-bond acceptors (Lipinski definition) is 3. The molecule has 15 heavy (non-hydrogen) atoms. The molecule has 2 rings (SSSR count). The number of rotatable bonds is 2. The fourth-order valence-electron chi connectivity index (χ4n) is 1.37. The summed E-state index contributed by atoms with van der Waals surface area (Å²) >= 11 is 6.04. The van der Waals surface area contributed by atoms with Crippen LogP contribution >= 0.6 is 11.6 Å². The molecule has 0 fully saturated rings. The lowest BCUT2D eigenvalue weighted by Gasteiger charge is -2.08. The molecule has 3 nitrogen and oxygen atoms in total. The lowest BCUT2D eigenvalue weighted by molar-refractivity contribution is 0.414. The smallest absolute Gasteiger partial charge is 0.181 e. The van der Waals surface area contributed by atoms with E-state index in [9.17, 15) is 0 Å². The average Bonchev–Trinajstić information content (AvgIpc) is 2.74. The zero-order valence-electron chi connectivity index (χ0n) is 8.45. The minimum Gasteiger partial charge on any atom is -0.496 e. The van der Waals surface area contributed by atoms with Gasteiger partial charge in [0.15, 0.2) is 12.2 Å². The van der Waals surface area contributed by atoms with Crippen LogP contribution in [0.5, 0.6) is 5.75 Å². The number of nitrogens with zero attached hydrogens (tertiary/aromatic N) is 1. The summed E-state index contributed by atoms with van der Waals surface area (Å²) in [5.41, 5.74) is 1.78. The summed E-state index contributed by atoms with van der Waals surface area (Å²) < 4.78 is 10.5. The van der Waals surface area contributed by atoms with Gasteiger partial charge in [-0.2, -0.15) is 0 Å². The van der Waals surface area contributed by atoms with Crippen LogP contribution in [0.4, 0.5) is 0 Å². The minimum atomic E-state index is 0.647. The third kappa shape index (κ3) is 1.83. The molecule has 0 unspecified atom stereocenters. The van der Waals surface area contributed by atoms with E-state index in [1.807, 2.05) is 19.1 Å². The van der Waals surface area contributed by atoms with E-state index in [2.05, 4.69) is 4.98 Å². The lowest BCUT2D eigenvalue weighted by Crippen LogP contribution is -1.89. The van der Waals surface area contributed by atoms with Crippen LogP contribution in [0.2, 0.25) is 5.02 Å². The van der Waals surface area contributed by atoms with Crippen molar-refractivity contribution in [3.05, 3.63) is 35.3 Å². The van der Waals surface area contributed by atoms with E-state index in [4.69, 9.17) is 20.8 Å². The lowest BCUT2D eigenvalue weighted by atomic mass is 10.1. The summed E-state index contributed by atoms with van der Waals surface area (Å²) in [6.07, 6.45) is 3.01. The van der Waals surface area contributed by atoms with Gasteiger partial charge in [0, 0.05) is 5.02 Å². The number of methoxy groups -OCH3 is 1. The van der Waals surface area contributed by atoms with Crippen molar-refractivity contribution in [2.75, 3.05) is 7.11 Å². The molecule has 0 aliphatic carbocycles. The Bertz CT molecular complexity index is 466. The van der Waals surface area contributed by atoms with Gasteiger partial charge >= 0.3 is 0 Å². The number of ether oxygens (including phenoxy) is 1. The molecule has 0 aliphatic heterocycles. The largest absolute Gasteiger partial charge is 0.496 e. The number of hydrogen-bond donors (Lipinski definition) is 0. The molecule has 0 spiro atoms. The number of aryl methyl sites for hydroxylation is 1. The minimum absolute atomic E-state index is 0.647. The highest BCUT2D eigenvalue weighted by Crippen LogP contribution is 2.34. The fraction of sp³-hybridized carbons (Fsp3) is 0.182. The molecule has 0 amide bonds. The van der Waals surface area contributed by atoms with Gasteiger partial charge in [0.1, 0.15) is 5.75 Å². The van der Waals surface area contributed by atoms with Gasteiger partial charge in [-0.25, -0.2) is 4.98 Å². The predicted octanol–water partition coefficient (Wildman–Crippen LogP) is 3.31. The van der Waals surface area contributed by atoms with Crippen molar-refractivity contribution in [2.45, 2.75) is 6.92 Å². The predicted molar refractivity (Wildman–Crippen MR) is 58.2 cm³/mol. The van der Waals surface area contributed by atoms with Crippen LogP contribution in [0.25, 0.3) is 11.3 Å². The van der Waals surface area contributed by atoms with Gasteiger partial charge in [-0.3, -0.25) is 0 Å². The summed E-state index contributed by atoms with van der Waals surface area (Å²) in [6.45, 7) is 1.93. The van der Waals surface area contributed by atoms with Crippen LogP contribution in [0, 0.1) is 6.92 Å². The first-order valence-electron chi connectivity index (χ1n) is 4.45. The Labute approximate surface area is 92.6 Å². The second-order valence-corrected chi connectivity index (χ2v) is 3.57. The maximum Gasteiger partial charge on any atom is 0.181 e. The van der Waals surface area contributed by atoms with Crippen LogP contribution in [-0.2, 0) is 0 Å². The average molecular weight is 224 g/mol. The zero-order valence-corrected chi connectivity index (χ0v) is 9.21. The van der Waals surface area contributed by atoms with Crippen molar-refractivity contribution in [3.63, 3.8) is 0 Å². The highest BCUT2D eigenvalue weighted by molar-refractivity contribution is 6.31. The maximum absolute atomic E-state index is 6.04. The van der Waals surface area contributed by atoms with Gasteiger partial charge in [0.25, 0.3) is 0 Å². The zero-order chi connectivity index (χ0) is 10.8. The standard InChI is InChI=1S/C11H10ClNO2/c1-7-3-10(14-2)8(4-9(7)12)11-5-13-6-15-11/h3-6H,1-2H3.